The van der Waals surface area contributed by atoms with Crippen molar-refractivity contribution in [3.63, 3.8) is 0 Å². The molecule has 0 N–H and O–H groups in total. The van der Waals surface area contributed by atoms with E-state index in [2.05, 4.69) is 35.8 Å². The van der Waals surface area contributed by atoms with Gasteiger partial charge in [-0.1, -0.05) is 65.7 Å². The number of rotatable bonds is 5. The third-order valence-corrected chi connectivity index (χ3v) is 7.33. The van der Waals surface area contributed by atoms with E-state index in [4.69, 9.17) is 11.6 Å². The molecule has 0 saturated heterocycles. The molecule has 3 aromatic carbocycles. The lowest BCUT2D eigenvalue weighted by atomic mass is 9.96. The number of hydrogen-bond donors (Lipinski definition) is 0. The zero-order valence-corrected chi connectivity index (χ0v) is 20.7. The summed E-state index contributed by atoms with van der Waals surface area (Å²) in [7, 11) is 0. The van der Waals surface area contributed by atoms with Crippen LogP contribution in [0.1, 0.15) is 46.1 Å². The van der Waals surface area contributed by atoms with Crippen LogP contribution in [-0.4, -0.2) is 33.9 Å². The highest BCUT2D eigenvalue weighted by atomic mass is 35.5. The number of carbonyl (C=O) groups excluding carboxylic acids is 2. The van der Waals surface area contributed by atoms with Gasteiger partial charge in [0.15, 0.2) is 0 Å². The summed E-state index contributed by atoms with van der Waals surface area (Å²) in [5, 5.41) is 0.402. The quantitative estimate of drug-likeness (QED) is 0.332. The molecule has 6 heteroatoms. The van der Waals surface area contributed by atoms with Crippen molar-refractivity contribution in [3.05, 3.63) is 119 Å². The molecule has 2 aliphatic rings. The van der Waals surface area contributed by atoms with Crippen LogP contribution >= 0.6 is 11.6 Å². The molecule has 1 atom stereocenters. The highest BCUT2D eigenvalue weighted by molar-refractivity contribution is 6.33. The first-order valence-corrected chi connectivity index (χ1v) is 12.6. The molecule has 0 radical (unpaired) electrons. The first-order chi connectivity index (χ1) is 17.5. The van der Waals surface area contributed by atoms with Gasteiger partial charge in [0.05, 0.1) is 27.7 Å². The maximum atomic E-state index is 14.2. The van der Waals surface area contributed by atoms with Gasteiger partial charge in [0, 0.05) is 12.2 Å². The summed E-state index contributed by atoms with van der Waals surface area (Å²) >= 11 is 6.36. The minimum atomic E-state index is -0.307. The van der Waals surface area contributed by atoms with Gasteiger partial charge in [-0.2, -0.15) is 0 Å². The topological polar surface area (TPSA) is 45.6 Å². The van der Waals surface area contributed by atoms with E-state index in [-0.39, 0.29) is 30.4 Å². The molecule has 2 heterocycles. The third-order valence-electron chi connectivity index (χ3n) is 7.00. The van der Waals surface area contributed by atoms with Crippen molar-refractivity contribution in [1.29, 1.82) is 0 Å². The van der Waals surface area contributed by atoms with Crippen LogP contribution in [0, 0.1) is 6.92 Å². The van der Waals surface area contributed by atoms with Gasteiger partial charge in [-0.05, 0) is 61.7 Å². The van der Waals surface area contributed by atoms with E-state index in [1.54, 1.807) is 29.2 Å². The van der Waals surface area contributed by atoms with Crippen molar-refractivity contribution < 1.29 is 9.59 Å². The molecule has 1 aliphatic heterocycles. The number of aromatic nitrogens is 1. The van der Waals surface area contributed by atoms with Crippen molar-refractivity contribution in [3.8, 4) is 5.69 Å². The second-order valence-corrected chi connectivity index (χ2v) is 9.92. The Morgan fingerprint density at radius 1 is 0.917 bits per heavy atom. The Morgan fingerprint density at radius 2 is 1.67 bits per heavy atom. The number of aryl methyl sites for hydroxylation is 1. The number of benzene rings is 3. The molecule has 1 unspecified atom stereocenters. The molecular formula is C30H26ClN3O2. The van der Waals surface area contributed by atoms with E-state index in [0.717, 1.165) is 41.0 Å². The predicted molar refractivity (Wildman–Crippen MR) is 142 cm³/mol. The predicted octanol–water partition coefficient (Wildman–Crippen LogP) is 6.18. The maximum absolute atomic E-state index is 14.2. The molecule has 1 aromatic heterocycles. The Balaban J connectivity index is 1.42. The van der Waals surface area contributed by atoms with Crippen molar-refractivity contribution in [1.82, 2.24) is 9.47 Å². The van der Waals surface area contributed by atoms with E-state index in [0.29, 0.717) is 10.6 Å². The first-order valence-electron chi connectivity index (χ1n) is 12.2. The summed E-state index contributed by atoms with van der Waals surface area (Å²) in [6.45, 7) is 2.05. The third kappa shape index (κ3) is 3.90. The minimum Gasteiger partial charge on any atom is -0.326 e. The standard InChI is InChI=1S/C30H26ClN3O2/c1-20-8-6-9-21(18-20)29-27-14-7-17-32(27)25-12-4-5-13-26(25)34(29)28(35)19-33(22-15-16-22)30(36)23-10-2-3-11-24(23)31/h2-14,17-18,22,29H,15-16,19H2,1H3. The lowest BCUT2D eigenvalue weighted by Crippen LogP contribution is -2.47. The number of para-hydroxylation sites is 2. The average molecular weight is 496 g/mol. The summed E-state index contributed by atoms with van der Waals surface area (Å²) in [6.07, 6.45) is 3.82. The summed E-state index contributed by atoms with van der Waals surface area (Å²) < 4.78 is 2.15. The molecule has 0 spiro atoms. The number of amides is 2. The molecule has 4 aromatic rings. The SMILES string of the molecule is Cc1cccc(C2c3cccn3-c3ccccc3N2C(=O)CN(C(=O)c2ccccc2Cl)C2CC2)c1. The van der Waals surface area contributed by atoms with Gasteiger partial charge >= 0.3 is 0 Å². The smallest absolute Gasteiger partial charge is 0.256 e. The van der Waals surface area contributed by atoms with Gasteiger partial charge in [-0.3, -0.25) is 14.5 Å². The van der Waals surface area contributed by atoms with Gasteiger partial charge in [-0.15, -0.1) is 0 Å². The highest BCUT2D eigenvalue weighted by Gasteiger charge is 2.40. The second kappa shape index (κ2) is 8.99. The molecule has 6 rings (SSSR count). The van der Waals surface area contributed by atoms with Gasteiger partial charge in [0.1, 0.15) is 12.6 Å². The van der Waals surface area contributed by atoms with E-state index in [1.165, 1.54) is 0 Å². The van der Waals surface area contributed by atoms with Crippen LogP contribution in [-0.2, 0) is 4.79 Å². The molecule has 1 aliphatic carbocycles. The van der Waals surface area contributed by atoms with E-state index >= 15 is 0 Å². The van der Waals surface area contributed by atoms with Crippen LogP contribution in [0.25, 0.3) is 5.69 Å². The first kappa shape index (κ1) is 22.6. The fraction of sp³-hybridized carbons (Fsp3) is 0.200. The van der Waals surface area contributed by atoms with E-state index < -0.39 is 0 Å². The normalized spacial score (nSPS) is 16.3. The van der Waals surface area contributed by atoms with Crippen LogP contribution in [0.2, 0.25) is 5.02 Å². The van der Waals surface area contributed by atoms with Gasteiger partial charge in [-0.25, -0.2) is 0 Å². The van der Waals surface area contributed by atoms with Crippen LogP contribution in [0.4, 0.5) is 5.69 Å². The lowest BCUT2D eigenvalue weighted by Gasteiger charge is -2.39. The number of halogens is 1. The number of carbonyl (C=O) groups is 2. The molecule has 1 fully saturated rings. The van der Waals surface area contributed by atoms with E-state index in [9.17, 15) is 9.59 Å². The molecule has 0 bridgehead atoms. The molecule has 1 saturated carbocycles. The summed E-state index contributed by atoms with van der Waals surface area (Å²) in [5.41, 5.74) is 5.40. The van der Waals surface area contributed by atoms with Crippen molar-refractivity contribution in [2.45, 2.75) is 31.8 Å². The zero-order chi connectivity index (χ0) is 24.8. The summed E-state index contributed by atoms with van der Waals surface area (Å²) in [6, 6.07) is 27.1. The largest absolute Gasteiger partial charge is 0.326 e. The van der Waals surface area contributed by atoms with Crippen LogP contribution in [0.3, 0.4) is 0 Å². The number of hydrogen-bond acceptors (Lipinski definition) is 2. The Kier molecular flexibility index (Phi) is 5.65. The molecule has 36 heavy (non-hydrogen) atoms. The molecular weight excluding hydrogens is 470 g/mol. The number of anilines is 1. The Hall–Kier alpha value is -3.83. The van der Waals surface area contributed by atoms with Gasteiger partial charge in [0.25, 0.3) is 5.91 Å². The molecule has 5 nitrogen and oxygen atoms in total. The fourth-order valence-electron chi connectivity index (χ4n) is 5.18. The Labute approximate surface area is 215 Å². The zero-order valence-electron chi connectivity index (χ0n) is 20.0. The lowest BCUT2D eigenvalue weighted by molar-refractivity contribution is -0.119. The minimum absolute atomic E-state index is 0.00786. The van der Waals surface area contributed by atoms with Crippen molar-refractivity contribution >= 4 is 29.1 Å². The Morgan fingerprint density at radius 3 is 2.42 bits per heavy atom. The fourth-order valence-corrected chi connectivity index (χ4v) is 5.40. The second-order valence-electron chi connectivity index (χ2n) is 9.52. The summed E-state index contributed by atoms with van der Waals surface area (Å²) in [5.74, 6) is -0.314. The molecule has 2 amide bonds. The number of fused-ring (bicyclic) bond motifs is 3. The Bertz CT molecular complexity index is 1470. The highest BCUT2D eigenvalue weighted by Crippen LogP contribution is 2.43. The van der Waals surface area contributed by atoms with Gasteiger partial charge < -0.3 is 9.47 Å². The maximum Gasteiger partial charge on any atom is 0.256 e. The molecule has 180 valence electrons. The van der Waals surface area contributed by atoms with Crippen molar-refractivity contribution in [2.75, 3.05) is 11.4 Å². The van der Waals surface area contributed by atoms with Crippen molar-refractivity contribution in [2.24, 2.45) is 0 Å². The monoisotopic (exact) mass is 495 g/mol. The van der Waals surface area contributed by atoms with Crippen LogP contribution in [0.15, 0.2) is 91.1 Å². The summed E-state index contributed by atoms with van der Waals surface area (Å²) in [4.78, 5) is 31.3. The van der Waals surface area contributed by atoms with Gasteiger partial charge in [0.2, 0.25) is 5.91 Å². The average Bonchev–Trinajstić information content (AvgIpc) is 3.61. The van der Waals surface area contributed by atoms with Crippen LogP contribution in [0.5, 0.6) is 0 Å². The number of nitrogens with zero attached hydrogens (tertiary/aromatic N) is 3. The van der Waals surface area contributed by atoms with Crippen LogP contribution < -0.4 is 4.90 Å². The van der Waals surface area contributed by atoms with E-state index in [1.807, 2.05) is 47.5 Å².